The Bertz CT molecular complexity index is 1320. The van der Waals surface area contributed by atoms with Crippen LogP contribution in [-0.2, 0) is 11.4 Å². The molecule has 0 saturated carbocycles. The topological polar surface area (TPSA) is 50.7 Å². The first-order valence-electron chi connectivity index (χ1n) is 10.3. The zero-order valence-electron chi connectivity index (χ0n) is 17.8. The van der Waals surface area contributed by atoms with E-state index < -0.39 is 0 Å². The quantitative estimate of drug-likeness (QED) is 0.0891. The summed E-state index contributed by atoms with van der Waals surface area (Å²) in [4.78, 5) is 13.1. The predicted octanol–water partition coefficient (Wildman–Crippen LogP) is 7.52. The molecule has 1 N–H and O–H groups in total. The number of carbonyl (C=O) groups excluding carboxylic acids is 1. The van der Waals surface area contributed by atoms with Crippen LogP contribution in [0.15, 0.2) is 88.9 Å². The highest BCUT2D eigenvalue weighted by Gasteiger charge is 2.10. The van der Waals surface area contributed by atoms with E-state index >= 15 is 0 Å². The van der Waals surface area contributed by atoms with Crippen molar-refractivity contribution in [1.29, 1.82) is 0 Å². The van der Waals surface area contributed by atoms with Crippen LogP contribution in [0.3, 0.4) is 0 Å². The Hall–Kier alpha value is -1.82. The van der Waals surface area contributed by atoms with E-state index in [0.29, 0.717) is 11.6 Å². The van der Waals surface area contributed by atoms with Gasteiger partial charge in [0, 0.05) is 9.92 Å². The lowest BCUT2D eigenvalue weighted by Crippen LogP contribution is -2.19. The van der Waals surface area contributed by atoms with E-state index in [1.54, 1.807) is 18.3 Å². The second kappa shape index (κ2) is 12.2. The lowest BCUT2D eigenvalue weighted by atomic mass is 10.1. The van der Waals surface area contributed by atoms with E-state index in [4.69, 9.17) is 16.3 Å². The van der Waals surface area contributed by atoms with Gasteiger partial charge in [-0.3, -0.25) is 4.79 Å². The van der Waals surface area contributed by atoms with Gasteiger partial charge in [-0.05, 0) is 103 Å². The Balaban J connectivity index is 1.34. The van der Waals surface area contributed by atoms with Crippen molar-refractivity contribution in [2.24, 2.45) is 5.10 Å². The van der Waals surface area contributed by atoms with Gasteiger partial charge in [0.1, 0.15) is 12.4 Å². The van der Waals surface area contributed by atoms with Gasteiger partial charge in [0.05, 0.1) is 19.1 Å². The molecule has 0 fully saturated rings. The molecule has 0 bridgehead atoms. The average Bonchev–Trinajstić information content (AvgIpc) is 2.83. The van der Waals surface area contributed by atoms with Crippen molar-refractivity contribution >= 4 is 91.4 Å². The molecular weight excluding hydrogens is 694 g/mol. The highest BCUT2D eigenvalue weighted by atomic mass is 127. The number of carbonyl (C=O) groups is 1. The SMILES string of the molecule is O=C(CSc1ccc(Cl)cc1)N/N=C\c1cc(I)c(OCc2cccc3ccccc23)c(I)c1. The van der Waals surface area contributed by atoms with Crippen LogP contribution in [0.2, 0.25) is 5.02 Å². The molecule has 0 aliphatic rings. The number of nitrogens with zero attached hydrogens (tertiary/aromatic N) is 1. The van der Waals surface area contributed by atoms with Gasteiger partial charge in [0.25, 0.3) is 0 Å². The maximum atomic E-state index is 12.1. The Morgan fingerprint density at radius 2 is 1.71 bits per heavy atom. The zero-order valence-corrected chi connectivity index (χ0v) is 23.7. The number of thioether (sulfide) groups is 1. The number of hydrazone groups is 1. The van der Waals surface area contributed by atoms with E-state index in [1.165, 1.54) is 22.5 Å². The van der Waals surface area contributed by atoms with Crippen molar-refractivity contribution in [3.8, 4) is 5.75 Å². The van der Waals surface area contributed by atoms with Crippen LogP contribution in [0.4, 0.5) is 0 Å². The minimum Gasteiger partial charge on any atom is -0.487 e. The monoisotopic (exact) mass is 712 g/mol. The summed E-state index contributed by atoms with van der Waals surface area (Å²) in [6, 6.07) is 25.9. The maximum absolute atomic E-state index is 12.1. The molecule has 4 rings (SSSR count). The number of hydrogen-bond donors (Lipinski definition) is 1. The van der Waals surface area contributed by atoms with Crippen LogP contribution in [0.25, 0.3) is 10.8 Å². The number of hydrogen-bond acceptors (Lipinski definition) is 4. The molecule has 1 amide bonds. The summed E-state index contributed by atoms with van der Waals surface area (Å²) in [7, 11) is 0. The third kappa shape index (κ3) is 6.87. The van der Waals surface area contributed by atoms with Crippen LogP contribution in [-0.4, -0.2) is 17.9 Å². The largest absolute Gasteiger partial charge is 0.487 e. The lowest BCUT2D eigenvalue weighted by Gasteiger charge is -2.13. The van der Waals surface area contributed by atoms with E-state index in [1.807, 2.05) is 36.4 Å². The number of halogens is 3. The van der Waals surface area contributed by atoms with Crippen LogP contribution in [0.1, 0.15) is 11.1 Å². The molecular formula is C26H19ClI2N2O2S. The van der Waals surface area contributed by atoms with Crippen molar-refractivity contribution in [1.82, 2.24) is 5.43 Å². The van der Waals surface area contributed by atoms with E-state index in [-0.39, 0.29) is 11.7 Å². The third-order valence-electron chi connectivity index (χ3n) is 4.86. The molecule has 0 heterocycles. The summed E-state index contributed by atoms with van der Waals surface area (Å²) in [6.45, 7) is 0.488. The Kier molecular flexibility index (Phi) is 9.10. The fraction of sp³-hybridized carbons (Fsp3) is 0.0769. The molecule has 0 aromatic heterocycles. The number of amides is 1. The van der Waals surface area contributed by atoms with Crippen LogP contribution >= 0.6 is 68.5 Å². The van der Waals surface area contributed by atoms with Crippen LogP contribution in [0.5, 0.6) is 5.75 Å². The standard InChI is InChI=1S/C26H19ClI2N2O2S/c27-20-8-10-21(11-9-20)34-16-25(32)31-30-14-17-12-23(28)26(24(29)13-17)33-15-19-6-3-5-18-4-1-2-7-22(18)19/h1-14H,15-16H2,(H,31,32)/b30-14-. The fourth-order valence-electron chi connectivity index (χ4n) is 3.25. The van der Waals surface area contributed by atoms with Gasteiger partial charge in [-0.1, -0.05) is 54.1 Å². The van der Waals surface area contributed by atoms with Crippen LogP contribution < -0.4 is 10.2 Å². The summed E-state index contributed by atoms with van der Waals surface area (Å²) in [6.07, 6.45) is 1.64. The second-order valence-corrected chi connectivity index (χ2v) is 11.1. The van der Waals surface area contributed by atoms with Gasteiger partial charge >= 0.3 is 0 Å². The first kappa shape index (κ1) is 25.3. The molecule has 34 heavy (non-hydrogen) atoms. The van der Waals surface area contributed by atoms with Gasteiger partial charge in [-0.15, -0.1) is 11.8 Å². The first-order chi connectivity index (χ1) is 16.5. The van der Waals surface area contributed by atoms with Gasteiger partial charge in [-0.25, -0.2) is 5.43 Å². The van der Waals surface area contributed by atoms with Crippen molar-refractivity contribution in [2.75, 3.05) is 5.75 Å². The molecule has 0 unspecified atom stereocenters. The molecule has 0 saturated heterocycles. The minimum atomic E-state index is -0.171. The van der Waals surface area contributed by atoms with E-state index in [0.717, 1.165) is 28.9 Å². The molecule has 4 nitrogen and oxygen atoms in total. The molecule has 0 aliphatic heterocycles. The highest BCUT2D eigenvalue weighted by Crippen LogP contribution is 2.30. The summed E-state index contributed by atoms with van der Waals surface area (Å²) < 4.78 is 8.16. The van der Waals surface area contributed by atoms with Crippen molar-refractivity contribution < 1.29 is 9.53 Å². The average molecular weight is 713 g/mol. The Labute approximate surface area is 234 Å². The summed E-state index contributed by atoms with van der Waals surface area (Å²) >= 11 is 11.9. The smallest absolute Gasteiger partial charge is 0.250 e. The van der Waals surface area contributed by atoms with Crippen molar-refractivity contribution in [3.63, 3.8) is 0 Å². The second-order valence-electron chi connectivity index (χ2n) is 7.28. The lowest BCUT2D eigenvalue weighted by molar-refractivity contribution is -0.118. The maximum Gasteiger partial charge on any atom is 0.250 e. The molecule has 4 aromatic carbocycles. The molecule has 172 valence electrons. The van der Waals surface area contributed by atoms with Crippen molar-refractivity contribution in [3.05, 3.63) is 102 Å². The Morgan fingerprint density at radius 1 is 1.00 bits per heavy atom. The summed E-state index contributed by atoms with van der Waals surface area (Å²) in [5.74, 6) is 0.944. The predicted molar refractivity (Wildman–Crippen MR) is 158 cm³/mol. The van der Waals surface area contributed by atoms with Gasteiger partial charge in [0.15, 0.2) is 0 Å². The van der Waals surface area contributed by atoms with E-state index in [2.05, 4.69) is 86.0 Å². The zero-order chi connectivity index (χ0) is 23.9. The fourth-order valence-corrected chi connectivity index (χ4v) is 6.20. The summed E-state index contributed by atoms with van der Waals surface area (Å²) in [5.41, 5.74) is 4.61. The normalized spacial score (nSPS) is 11.1. The van der Waals surface area contributed by atoms with E-state index in [9.17, 15) is 4.79 Å². The molecule has 4 aromatic rings. The van der Waals surface area contributed by atoms with Crippen LogP contribution in [0, 0.1) is 7.14 Å². The van der Waals surface area contributed by atoms with Gasteiger partial charge in [-0.2, -0.15) is 5.10 Å². The highest BCUT2D eigenvalue weighted by molar-refractivity contribution is 14.1. The number of rotatable bonds is 8. The number of fused-ring (bicyclic) bond motifs is 1. The Morgan fingerprint density at radius 3 is 2.47 bits per heavy atom. The van der Waals surface area contributed by atoms with Gasteiger partial charge < -0.3 is 4.74 Å². The molecule has 0 aliphatic carbocycles. The molecule has 0 atom stereocenters. The minimum absolute atomic E-state index is 0.171. The van der Waals surface area contributed by atoms with Crippen molar-refractivity contribution in [2.45, 2.75) is 11.5 Å². The molecule has 0 radical (unpaired) electrons. The molecule has 8 heteroatoms. The number of nitrogens with one attached hydrogen (secondary N) is 1. The summed E-state index contributed by atoms with van der Waals surface area (Å²) in [5, 5.41) is 7.17. The molecule has 0 spiro atoms. The van der Waals surface area contributed by atoms with Gasteiger partial charge in [0.2, 0.25) is 5.91 Å². The number of benzene rings is 4. The number of ether oxygens (including phenoxy) is 1. The third-order valence-corrected chi connectivity index (χ3v) is 7.73. The first-order valence-corrected chi connectivity index (χ1v) is 13.8.